The van der Waals surface area contributed by atoms with Crippen molar-refractivity contribution in [2.45, 2.75) is 26.8 Å². The molecule has 6 heteroatoms. The first-order chi connectivity index (χ1) is 8.97. The molecule has 100 valence electrons. The van der Waals surface area contributed by atoms with E-state index < -0.39 is 0 Å². The fourth-order valence-electron chi connectivity index (χ4n) is 2.35. The highest BCUT2D eigenvalue weighted by atomic mass is 35.5. The van der Waals surface area contributed by atoms with Gasteiger partial charge in [0, 0.05) is 22.8 Å². The summed E-state index contributed by atoms with van der Waals surface area (Å²) in [4.78, 5) is 0. The fraction of sp³-hybridized carbons (Fsp3) is 0.462. The van der Waals surface area contributed by atoms with Crippen LogP contribution in [0.5, 0.6) is 0 Å². The minimum atomic E-state index is 0.398. The lowest BCUT2D eigenvalue weighted by Gasteiger charge is -2.08. The fourth-order valence-corrected chi connectivity index (χ4v) is 2.53. The summed E-state index contributed by atoms with van der Waals surface area (Å²) in [5.41, 5.74) is 7.81. The van der Waals surface area contributed by atoms with Gasteiger partial charge in [-0.05, 0) is 46.4 Å². The molecule has 0 bridgehead atoms. The number of tetrazole rings is 1. The van der Waals surface area contributed by atoms with Crippen LogP contribution in [0.4, 0.5) is 5.69 Å². The summed E-state index contributed by atoms with van der Waals surface area (Å²) in [5.74, 6) is 1.33. The average molecular weight is 278 g/mol. The molecule has 1 aromatic carbocycles. The molecule has 0 amide bonds. The molecule has 0 aliphatic heterocycles. The number of nitrogens with two attached hydrogens (primary N) is 1. The van der Waals surface area contributed by atoms with Gasteiger partial charge in [0.2, 0.25) is 0 Å². The smallest absolute Gasteiger partial charge is 0.184 e. The molecule has 1 aliphatic carbocycles. The summed E-state index contributed by atoms with van der Waals surface area (Å²) in [7, 11) is 0. The van der Waals surface area contributed by atoms with Gasteiger partial charge in [0.25, 0.3) is 0 Å². The largest absolute Gasteiger partial charge is 0.398 e. The number of nitrogen functional groups attached to an aromatic ring is 1. The maximum absolute atomic E-state index is 5.99. The van der Waals surface area contributed by atoms with Gasteiger partial charge in [0.05, 0.1) is 0 Å². The molecule has 1 aromatic heterocycles. The van der Waals surface area contributed by atoms with E-state index >= 15 is 0 Å². The third-order valence-corrected chi connectivity index (χ3v) is 4.13. The first-order valence-electron chi connectivity index (χ1n) is 6.29. The Morgan fingerprint density at radius 3 is 2.84 bits per heavy atom. The van der Waals surface area contributed by atoms with Crippen molar-refractivity contribution in [3.8, 4) is 11.4 Å². The predicted molar refractivity (Wildman–Crippen MR) is 74.6 cm³/mol. The molecule has 3 rings (SSSR count). The maximum atomic E-state index is 5.99. The van der Waals surface area contributed by atoms with Crippen molar-refractivity contribution in [2.75, 3.05) is 5.73 Å². The molecule has 19 heavy (non-hydrogen) atoms. The number of rotatable bonds is 3. The molecule has 5 nitrogen and oxygen atoms in total. The molecule has 0 spiro atoms. The molecule has 1 atom stereocenters. The van der Waals surface area contributed by atoms with E-state index in [4.69, 9.17) is 17.3 Å². The van der Waals surface area contributed by atoms with Crippen LogP contribution in [0.25, 0.3) is 11.4 Å². The lowest BCUT2D eigenvalue weighted by atomic mass is 10.1. The van der Waals surface area contributed by atoms with Gasteiger partial charge in [-0.2, -0.15) is 0 Å². The summed E-state index contributed by atoms with van der Waals surface area (Å²) in [6.45, 7) is 5.36. The van der Waals surface area contributed by atoms with Crippen molar-refractivity contribution in [2.24, 2.45) is 11.3 Å². The van der Waals surface area contributed by atoms with E-state index in [2.05, 4.69) is 29.4 Å². The monoisotopic (exact) mass is 277 g/mol. The number of nitrogens with zero attached hydrogens (tertiary/aromatic N) is 4. The molecule has 1 unspecified atom stereocenters. The Bertz CT molecular complexity index is 619. The molecule has 1 heterocycles. The summed E-state index contributed by atoms with van der Waals surface area (Å²) >= 11 is 5.91. The Balaban J connectivity index is 1.91. The van der Waals surface area contributed by atoms with Gasteiger partial charge in [-0.25, -0.2) is 4.68 Å². The SMILES string of the molecule is CC1(C)CC1Cn1nnnc1-c1ccc(Cl)cc1N. The second kappa shape index (κ2) is 4.20. The van der Waals surface area contributed by atoms with E-state index in [9.17, 15) is 0 Å². The highest BCUT2D eigenvalue weighted by Gasteiger charge is 2.46. The van der Waals surface area contributed by atoms with E-state index in [1.54, 1.807) is 12.1 Å². The van der Waals surface area contributed by atoms with Crippen LogP contribution in [-0.4, -0.2) is 20.2 Å². The van der Waals surface area contributed by atoms with Crippen molar-refractivity contribution in [1.82, 2.24) is 20.2 Å². The average Bonchev–Trinajstić information content (AvgIpc) is 2.72. The third kappa shape index (κ3) is 2.30. The van der Waals surface area contributed by atoms with E-state index in [1.165, 1.54) is 6.42 Å². The predicted octanol–water partition coefficient (Wildman–Crippen LogP) is 2.62. The van der Waals surface area contributed by atoms with Gasteiger partial charge in [-0.15, -0.1) is 5.10 Å². The molecule has 1 aliphatic rings. The molecule has 2 N–H and O–H groups in total. The van der Waals surface area contributed by atoms with Crippen LogP contribution in [0, 0.1) is 11.3 Å². The number of hydrogen-bond donors (Lipinski definition) is 1. The second-order valence-electron chi connectivity index (χ2n) is 5.81. The molecule has 1 saturated carbocycles. The van der Waals surface area contributed by atoms with Crippen LogP contribution >= 0.6 is 11.6 Å². The zero-order valence-electron chi connectivity index (χ0n) is 11.0. The maximum Gasteiger partial charge on any atom is 0.184 e. The normalized spacial score (nSPS) is 20.5. The third-order valence-electron chi connectivity index (χ3n) is 3.90. The summed E-state index contributed by atoms with van der Waals surface area (Å²) in [6.07, 6.45) is 1.21. The summed E-state index contributed by atoms with van der Waals surface area (Å²) in [5, 5.41) is 12.5. The van der Waals surface area contributed by atoms with E-state index in [0.29, 0.717) is 27.9 Å². The topological polar surface area (TPSA) is 69.6 Å². The molecular weight excluding hydrogens is 262 g/mol. The van der Waals surface area contributed by atoms with Gasteiger partial charge in [0.1, 0.15) is 0 Å². The van der Waals surface area contributed by atoms with E-state index in [-0.39, 0.29) is 0 Å². The minimum absolute atomic E-state index is 0.398. The zero-order valence-corrected chi connectivity index (χ0v) is 11.7. The number of hydrogen-bond acceptors (Lipinski definition) is 4. The van der Waals surface area contributed by atoms with Gasteiger partial charge >= 0.3 is 0 Å². The lowest BCUT2D eigenvalue weighted by molar-refractivity contribution is 0.467. The van der Waals surface area contributed by atoms with Crippen LogP contribution in [0.1, 0.15) is 20.3 Å². The van der Waals surface area contributed by atoms with Gasteiger partial charge < -0.3 is 5.73 Å². The quantitative estimate of drug-likeness (QED) is 0.876. The number of aromatic nitrogens is 4. The molecule has 0 radical (unpaired) electrons. The number of benzene rings is 1. The molecular formula is C13H16ClN5. The van der Waals surface area contributed by atoms with E-state index in [0.717, 1.165) is 12.1 Å². The first-order valence-corrected chi connectivity index (χ1v) is 6.67. The van der Waals surface area contributed by atoms with Gasteiger partial charge in [-0.3, -0.25) is 0 Å². The zero-order chi connectivity index (χ0) is 13.6. The van der Waals surface area contributed by atoms with Crippen LogP contribution < -0.4 is 5.73 Å². The summed E-state index contributed by atoms with van der Waals surface area (Å²) in [6, 6.07) is 5.38. The van der Waals surface area contributed by atoms with E-state index in [1.807, 2.05) is 10.7 Å². The number of anilines is 1. The molecule has 2 aromatic rings. The van der Waals surface area contributed by atoms with Crippen LogP contribution in [0.15, 0.2) is 18.2 Å². The van der Waals surface area contributed by atoms with Crippen LogP contribution in [0.2, 0.25) is 5.02 Å². The first kappa shape index (κ1) is 12.4. The van der Waals surface area contributed by atoms with Gasteiger partial charge in [0.15, 0.2) is 5.82 Å². The van der Waals surface area contributed by atoms with Gasteiger partial charge in [-0.1, -0.05) is 25.4 Å². The summed E-state index contributed by atoms with van der Waals surface area (Å²) < 4.78 is 1.83. The van der Waals surface area contributed by atoms with Crippen molar-refractivity contribution in [3.05, 3.63) is 23.2 Å². The Morgan fingerprint density at radius 1 is 1.47 bits per heavy atom. The van der Waals surface area contributed by atoms with Crippen LogP contribution in [0.3, 0.4) is 0 Å². The van der Waals surface area contributed by atoms with Crippen molar-refractivity contribution >= 4 is 17.3 Å². The van der Waals surface area contributed by atoms with Crippen molar-refractivity contribution in [1.29, 1.82) is 0 Å². The van der Waals surface area contributed by atoms with Crippen LogP contribution in [-0.2, 0) is 6.54 Å². The second-order valence-corrected chi connectivity index (χ2v) is 6.24. The Kier molecular flexibility index (Phi) is 2.74. The number of halogens is 1. The highest BCUT2D eigenvalue weighted by molar-refractivity contribution is 6.31. The minimum Gasteiger partial charge on any atom is -0.398 e. The Morgan fingerprint density at radius 2 is 2.21 bits per heavy atom. The Labute approximate surface area is 116 Å². The van der Waals surface area contributed by atoms with Crippen molar-refractivity contribution < 1.29 is 0 Å². The highest BCUT2D eigenvalue weighted by Crippen LogP contribution is 2.52. The standard InChI is InChI=1S/C13H16ClN5/c1-13(2)6-8(13)7-19-12(16-17-18-19)10-4-3-9(14)5-11(10)15/h3-5,8H,6-7,15H2,1-2H3. The Hall–Kier alpha value is -1.62. The lowest BCUT2D eigenvalue weighted by Crippen LogP contribution is -2.08. The van der Waals surface area contributed by atoms with Crippen molar-refractivity contribution in [3.63, 3.8) is 0 Å². The molecule has 0 saturated heterocycles. The molecule has 1 fully saturated rings.